The molecule has 1 rings (SSSR count). The fourth-order valence-electron chi connectivity index (χ4n) is 1.43. The van der Waals surface area contributed by atoms with Gasteiger partial charge in [0.15, 0.2) is 0 Å². The van der Waals surface area contributed by atoms with Gasteiger partial charge in [0.25, 0.3) is 0 Å². The molecule has 0 aliphatic carbocycles. The third-order valence-electron chi connectivity index (χ3n) is 2.33. The van der Waals surface area contributed by atoms with Crippen LogP contribution in [0.25, 0.3) is 0 Å². The van der Waals surface area contributed by atoms with Crippen LogP contribution in [0.4, 0.5) is 17.6 Å². The van der Waals surface area contributed by atoms with Crippen molar-refractivity contribution in [2.75, 3.05) is 13.2 Å². The molecule has 7 heteroatoms. The van der Waals surface area contributed by atoms with E-state index in [0.29, 0.717) is 6.42 Å². The maximum absolute atomic E-state index is 12.6. The SMILES string of the molecule is NC(COCC(F)(F)C(F)F)Cc1cccc(Br)c1. The van der Waals surface area contributed by atoms with E-state index in [1.54, 1.807) is 0 Å². The van der Waals surface area contributed by atoms with Crippen molar-refractivity contribution in [1.29, 1.82) is 0 Å². The van der Waals surface area contributed by atoms with Crippen molar-refractivity contribution in [1.82, 2.24) is 0 Å². The van der Waals surface area contributed by atoms with Gasteiger partial charge < -0.3 is 10.5 Å². The molecule has 1 aromatic rings. The number of hydrogen-bond acceptors (Lipinski definition) is 2. The van der Waals surface area contributed by atoms with Crippen LogP contribution in [0.5, 0.6) is 0 Å². The van der Waals surface area contributed by atoms with Crippen molar-refractivity contribution in [3.63, 3.8) is 0 Å². The minimum absolute atomic E-state index is 0.200. The summed E-state index contributed by atoms with van der Waals surface area (Å²) in [6, 6.07) is 6.81. The zero-order valence-corrected chi connectivity index (χ0v) is 11.5. The van der Waals surface area contributed by atoms with E-state index in [4.69, 9.17) is 5.73 Å². The van der Waals surface area contributed by atoms with Gasteiger partial charge in [-0.25, -0.2) is 8.78 Å². The maximum Gasteiger partial charge on any atom is 0.330 e. The summed E-state index contributed by atoms with van der Waals surface area (Å²) >= 11 is 3.29. The molecule has 0 aliphatic heterocycles. The molecular formula is C12H14BrF4NO. The highest BCUT2D eigenvalue weighted by atomic mass is 79.9. The van der Waals surface area contributed by atoms with E-state index >= 15 is 0 Å². The smallest absolute Gasteiger partial charge is 0.330 e. The Kier molecular flexibility index (Phi) is 6.22. The first-order valence-corrected chi connectivity index (χ1v) is 6.34. The van der Waals surface area contributed by atoms with Crippen LogP contribution < -0.4 is 5.73 Å². The predicted molar refractivity (Wildman–Crippen MR) is 67.6 cm³/mol. The highest BCUT2D eigenvalue weighted by Gasteiger charge is 2.40. The van der Waals surface area contributed by atoms with Crippen molar-refractivity contribution >= 4 is 15.9 Å². The van der Waals surface area contributed by atoms with Crippen LogP contribution >= 0.6 is 15.9 Å². The van der Waals surface area contributed by atoms with Crippen LogP contribution in [0.3, 0.4) is 0 Å². The van der Waals surface area contributed by atoms with Gasteiger partial charge in [-0.05, 0) is 24.1 Å². The summed E-state index contributed by atoms with van der Waals surface area (Å²) in [5, 5.41) is 0. The Morgan fingerprint density at radius 2 is 2.00 bits per heavy atom. The molecule has 108 valence electrons. The van der Waals surface area contributed by atoms with E-state index in [1.807, 2.05) is 24.3 Å². The molecule has 0 saturated heterocycles. The van der Waals surface area contributed by atoms with Crippen LogP contribution in [-0.2, 0) is 11.2 Å². The summed E-state index contributed by atoms with van der Waals surface area (Å²) in [5.41, 5.74) is 6.60. The van der Waals surface area contributed by atoms with E-state index in [0.717, 1.165) is 10.0 Å². The molecule has 1 atom stereocenters. The fourth-order valence-corrected chi connectivity index (χ4v) is 1.88. The molecule has 19 heavy (non-hydrogen) atoms. The molecule has 2 nitrogen and oxygen atoms in total. The van der Waals surface area contributed by atoms with Crippen molar-refractivity contribution in [2.45, 2.75) is 24.8 Å². The standard InChI is InChI=1S/C12H14BrF4NO/c13-9-3-1-2-8(4-9)5-10(18)6-19-7-12(16,17)11(14)15/h1-4,10-11H,5-7,18H2. The van der Waals surface area contributed by atoms with Gasteiger partial charge in [0.1, 0.15) is 6.61 Å². The number of benzene rings is 1. The lowest BCUT2D eigenvalue weighted by atomic mass is 10.1. The molecule has 1 aromatic carbocycles. The number of halogens is 5. The van der Waals surface area contributed by atoms with Crippen LogP contribution in [0.1, 0.15) is 5.56 Å². The van der Waals surface area contributed by atoms with Crippen LogP contribution in [0, 0.1) is 0 Å². The molecule has 0 aromatic heterocycles. The van der Waals surface area contributed by atoms with E-state index in [-0.39, 0.29) is 6.61 Å². The van der Waals surface area contributed by atoms with Gasteiger partial charge in [-0.1, -0.05) is 28.1 Å². The Hall–Kier alpha value is -0.660. The average Bonchev–Trinajstić information content (AvgIpc) is 2.28. The van der Waals surface area contributed by atoms with Crippen LogP contribution in [0.15, 0.2) is 28.7 Å². The second-order valence-electron chi connectivity index (χ2n) is 4.17. The quantitative estimate of drug-likeness (QED) is 0.771. The van der Waals surface area contributed by atoms with Gasteiger partial charge in [-0.15, -0.1) is 0 Å². The van der Waals surface area contributed by atoms with Gasteiger partial charge in [-0.2, -0.15) is 8.78 Å². The maximum atomic E-state index is 12.6. The lowest BCUT2D eigenvalue weighted by molar-refractivity contribution is -0.166. The van der Waals surface area contributed by atoms with Crippen LogP contribution in [-0.4, -0.2) is 31.6 Å². The summed E-state index contributed by atoms with van der Waals surface area (Å²) < 4.78 is 54.3. The largest absolute Gasteiger partial charge is 0.373 e. The van der Waals surface area contributed by atoms with Gasteiger partial charge in [0, 0.05) is 10.5 Å². The Labute approximate surface area is 117 Å². The summed E-state index contributed by atoms with van der Waals surface area (Å²) in [4.78, 5) is 0. The Balaban J connectivity index is 2.34. The summed E-state index contributed by atoms with van der Waals surface area (Å²) in [5.74, 6) is -4.13. The predicted octanol–water partition coefficient (Wildman–Crippen LogP) is 3.24. The van der Waals surface area contributed by atoms with Crippen molar-refractivity contribution in [2.24, 2.45) is 5.73 Å². The second-order valence-corrected chi connectivity index (χ2v) is 5.09. The third kappa shape index (κ3) is 5.88. The Morgan fingerprint density at radius 3 is 2.58 bits per heavy atom. The Morgan fingerprint density at radius 1 is 1.32 bits per heavy atom. The number of rotatable bonds is 7. The highest BCUT2D eigenvalue weighted by molar-refractivity contribution is 9.10. The fraction of sp³-hybridized carbons (Fsp3) is 0.500. The van der Waals surface area contributed by atoms with Crippen molar-refractivity contribution in [3.05, 3.63) is 34.3 Å². The van der Waals surface area contributed by atoms with Gasteiger partial charge >= 0.3 is 12.3 Å². The zero-order chi connectivity index (χ0) is 14.5. The van der Waals surface area contributed by atoms with E-state index in [2.05, 4.69) is 20.7 Å². The molecule has 0 fully saturated rings. The number of ether oxygens (including phenoxy) is 1. The third-order valence-corrected chi connectivity index (χ3v) is 2.83. The summed E-state index contributed by atoms with van der Waals surface area (Å²) in [6.45, 7) is -1.52. The zero-order valence-electron chi connectivity index (χ0n) is 9.96. The minimum atomic E-state index is -4.13. The normalized spacial score (nSPS) is 13.8. The molecule has 0 radical (unpaired) electrons. The van der Waals surface area contributed by atoms with Gasteiger partial charge in [0.05, 0.1) is 6.61 Å². The van der Waals surface area contributed by atoms with E-state index < -0.39 is 25.0 Å². The molecule has 0 heterocycles. The molecule has 0 saturated carbocycles. The summed E-state index contributed by atoms with van der Waals surface area (Å²) in [7, 11) is 0. The Bertz CT molecular complexity index is 403. The summed E-state index contributed by atoms with van der Waals surface area (Å²) in [6.07, 6.45) is -3.31. The molecular weight excluding hydrogens is 330 g/mol. The average molecular weight is 344 g/mol. The van der Waals surface area contributed by atoms with E-state index in [1.165, 1.54) is 0 Å². The lowest BCUT2D eigenvalue weighted by Crippen LogP contribution is -2.36. The molecule has 2 N–H and O–H groups in total. The topological polar surface area (TPSA) is 35.2 Å². The van der Waals surface area contributed by atoms with Crippen LogP contribution in [0.2, 0.25) is 0 Å². The molecule has 0 spiro atoms. The first-order chi connectivity index (χ1) is 8.81. The number of nitrogens with two attached hydrogens (primary N) is 1. The first kappa shape index (κ1) is 16.4. The van der Waals surface area contributed by atoms with Crippen molar-refractivity contribution < 1.29 is 22.3 Å². The molecule has 0 amide bonds. The number of hydrogen-bond donors (Lipinski definition) is 1. The van der Waals surface area contributed by atoms with Crippen molar-refractivity contribution in [3.8, 4) is 0 Å². The first-order valence-electron chi connectivity index (χ1n) is 5.55. The molecule has 0 aliphatic rings. The lowest BCUT2D eigenvalue weighted by Gasteiger charge is -2.17. The minimum Gasteiger partial charge on any atom is -0.373 e. The highest BCUT2D eigenvalue weighted by Crippen LogP contribution is 2.22. The second kappa shape index (κ2) is 7.21. The molecule has 1 unspecified atom stereocenters. The van der Waals surface area contributed by atoms with E-state index in [9.17, 15) is 17.6 Å². The van der Waals surface area contributed by atoms with Gasteiger partial charge in [0.2, 0.25) is 0 Å². The monoisotopic (exact) mass is 343 g/mol. The molecule has 0 bridgehead atoms. The van der Waals surface area contributed by atoms with Gasteiger partial charge in [-0.3, -0.25) is 0 Å². The number of alkyl halides is 4.